The van der Waals surface area contributed by atoms with Crippen molar-refractivity contribution in [2.75, 3.05) is 0 Å². The number of nitrogens with zero attached hydrogens (tertiary/aromatic N) is 2. The molecule has 0 unspecified atom stereocenters. The van der Waals surface area contributed by atoms with Crippen molar-refractivity contribution in [3.8, 4) is 11.5 Å². The molecule has 0 bridgehead atoms. The van der Waals surface area contributed by atoms with Gasteiger partial charge in [0.05, 0.1) is 4.92 Å². The topological polar surface area (TPSA) is 108 Å². The van der Waals surface area contributed by atoms with E-state index in [9.17, 15) is 19.8 Å². The van der Waals surface area contributed by atoms with E-state index >= 15 is 0 Å². The van der Waals surface area contributed by atoms with Gasteiger partial charge in [-0.3, -0.25) is 10.1 Å². The highest BCUT2D eigenvalue weighted by Gasteiger charge is 2.10. The van der Waals surface area contributed by atoms with Crippen LogP contribution < -0.4 is 9.47 Å². The van der Waals surface area contributed by atoms with Gasteiger partial charge in [-0.1, -0.05) is 0 Å². The van der Waals surface area contributed by atoms with Crippen LogP contribution in [0.3, 0.4) is 0 Å². The molecule has 0 saturated carbocycles. The standard InChI is InChI=1S/C13H8N2O6/c16-13(20-11-5-1-9(14-17)2-6-11)21-12-7-3-10(4-8-12)15(18)19/h1-8H. The molecule has 0 aliphatic carbocycles. The van der Waals surface area contributed by atoms with Crippen LogP contribution in [0.4, 0.5) is 16.2 Å². The maximum Gasteiger partial charge on any atom is 0.519 e. The number of ether oxygens (including phenoxy) is 2. The Morgan fingerprint density at radius 2 is 1.43 bits per heavy atom. The molecule has 106 valence electrons. The molecule has 0 aromatic heterocycles. The Hall–Kier alpha value is -3.29. The van der Waals surface area contributed by atoms with E-state index in [1.165, 1.54) is 48.5 Å². The fourth-order valence-corrected chi connectivity index (χ4v) is 1.42. The molecule has 0 spiro atoms. The van der Waals surface area contributed by atoms with Crippen LogP contribution in [-0.4, -0.2) is 11.1 Å². The Kier molecular flexibility index (Phi) is 4.20. The lowest BCUT2D eigenvalue weighted by Gasteiger charge is -2.05. The van der Waals surface area contributed by atoms with E-state index in [-0.39, 0.29) is 22.9 Å². The van der Waals surface area contributed by atoms with Crippen LogP contribution in [0.25, 0.3) is 0 Å². The molecule has 8 nitrogen and oxygen atoms in total. The van der Waals surface area contributed by atoms with Crippen molar-refractivity contribution in [1.29, 1.82) is 0 Å². The maximum absolute atomic E-state index is 11.5. The van der Waals surface area contributed by atoms with Gasteiger partial charge >= 0.3 is 6.16 Å². The minimum absolute atomic E-state index is 0.108. The summed E-state index contributed by atoms with van der Waals surface area (Å²) < 4.78 is 9.70. The number of benzene rings is 2. The molecule has 2 aromatic carbocycles. The summed E-state index contributed by atoms with van der Waals surface area (Å²) in [5.41, 5.74) is 0.0822. The van der Waals surface area contributed by atoms with E-state index in [0.29, 0.717) is 0 Å². The largest absolute Gasteiger partial charge is 0.519 e. The van der Waals surface area contributed by atoms with E-state index < -0.39 is 11.1 Å². The molecule has 0 saturated heterocycles. The lowest BCUT2D eigenvalue weighted by atomic mass is 10.3. The minimum Gasteiger partial charge on any atom is -0.395 e. The summed E-state index contributed by atoms with van der Waals surface area (Å²) in [6, 6.07) is 10.5. The van der Waals surface area contributed by atoms with Crippen molar-refractivity contribution >= 4 is 17.5 Å². The van der Waals surface area contributed by atoms with Crippen LogP contribution >= 0.6 is 0 Å². The normalized spacial score (nSPS) is 9.71. The van der Waals surface area contributed by atoms with E-state index in [2.05, 4.69) is 5.18 Å². The molecule has 0 radical (unpaired) electrons. The van der Waals surface area contributed by atoms with Gasteiger partial charge in [0.15, 0.2) is 0 Å². The molecule has 21 heavy (non-hydrogen) atoms. The third kappa shape index (κ3) is 3.83. The average molecular weight is 288 g/mol. The van der Waals surface area contributed by atoms with E-state index in [1.54, 1.807) is 0 Å². The number of nitroso groups, excluding NO2 is 1. The van der Waals surface area contributed by atoms with Gasteiger partial charge in [0.25, 0.3) is 5.69 Å². The lowest BCUT2D eigenvalue weighted by Crippen LogP contribution is -2.13. The zero-order valence-corrected chi connectivity index (χ0v) is 10.5. The van der Waals surface area contributed by atoms with Gasteiger partial charge in [-0.2, -0.15) is 0 Å². The second kappa shape index (κ2) is 6.24. The van der Waals surface area contributed by atoms with Gasteiger partial charge < -0.3 is 9.47 Å². The second-order valence-corrected chi connectivity index (χ2v) is 3.79. The number of hydrogen-bond donors (Lipinski definition) is 0. The van der Waals surface area contributed by atoms with Crippen LogP contribution in [0.15, 0.2) is 53.7 Å². The smallest absolute Gasteiger partial charge is 0.395 e. The summed E-state index contributed by atoms with van der Waals surface area (Å²) in [7, 11) is 0. The number of nitro benzene ring substituents is 1. The van der Waals surface area contributed by atoms with Crippen molar-refractivity contribution in [1.82, 2.24) is 0 Å². The first-order chi connectivity index (χ1) is 10.1. The lowest BCUT2D eigenvalue weighted by molar-refractivity contribution is -0.384. The highest BCUT2D eigenvalue weighted by atomic mass is 16.7. The zero-order chi connectivity index (χ0) is 15.2. The van der Waals surface area contributed by atoms with Gasteiger partial charge in [-0.25, -0.2) is 4.79 Å². The van der Waals surface area contributed by atoms with Crippen molar-refractivity contribution < 1.29 is 19.2 Å². The number of nitro groups is 1. The van der Waals surface area contributed by atoms with E-state index in [4.69, 9.17) is 9.47 Å². The Bertz CT molecular complexity index is 666. The second-order valence-electron chi connectivity index (χ2n) is 3.79. The Morgan fingerprint density at radius 3 is 1.86 bits per heavy atom. The average Bonchev–Trinajstić information content (AvgIpc) is 2.48. The van der Waals surface area contributed by atoms with E-state index in [0.717, 1.165) is 0 Å². The Morgan fingerprint density at radius 1 is 0.952 bits per heavy atom. The third-order valence-corrected chi connectivity index (χ3v) is 2.39. The van der Waals surface area contributed by atoms with Crippen LogP contribution in [0.5, 0.6) is 11.5 Å². The summed E-state index contributed by atoms with van der Waals surface area (Å²) >= 11 is 0. The van der Waals surface area contributed by atoms with Crippen LogP contribution in [0, 0.1) is 15.0 Å². The monoisotopic (exact) mass is 288 g/mol. The summed E-state index contributed by atoms with van der Waals surface area (Å²) in [6.07, 6.45) is -1.00. The molecule has 0 heterocycles. The fourth-order valence-electron chi connectivity index (χ4n) is 1.42. The van der Waals surface area contributed by atoms with Gasteiger partial charge in [-0.05, 0) is 41.6 Å². The van der Waals surface area contributed by atoms with Crippen molar-refractivity contribution in [2.45, 2.75) is 0 Å². The molecule has 2 rings (SSSR count). The van der Waals surface area contributed by atoms with E-state index in [1.807, 2.05) is 0 Å². The first-order valence-electron chi connectivity index (χ1n) is 5.66. The summed E-state index contributed by atoms with van der Waals surface area (Å²) in [6.45, 7) is 0. The number of carbonyl (C=O) groups excluding carboxylic acids is 1. The molecule has 0 N–H and O–H groups in total. The molecule has 0 aliphatic rings. The number of rotatable bonds is 4. The van der Waals surface area contributed by atoms with Crippen LogP contribution in [0.2, 0.25) is 0 Å². The fraction of sp³-hybridized carbons (Fsp3) is 0. The molecular formula is C13H8N2O6. The molecule has 0 aliphatic heterocycles. The first-order valence-corrected chi connectivity index (χ1v) is 5.66. The highest BCUT2D eigenvalue weighted by Crippen LogP contribution is 2.20. The predicted molar refractivity (Wildman–Crippen MR) is 71.6 cm³/mol. The van der Waals surface area contributed by atoms with Gasteiger partial charge in [-0.15, -0.1) is 4.91 Å². The molecule has 0 atom stereocenters. The minimum atomic E-state index is -1.00. The SMILES string of the molecule is O=Nc1ccc(OC(=O)Oc2ccc([N+](=O)[O-])cc2)cc1. The summed E-state index contributed by atoms with van der Waals surface area (Å²) in [5, 5.41) is 13.2. The Balaban J connectivity index is 1.97. The van der Waals surface area contributed by atoms with Crippen LogP contribution in [-0.2, 0) is 0 Å². The first kappa shape index (κ1) is 14.1. The molecule has 0 amide bonds. The summed E-state index contributed by atoms with van der Waals surface area (Å²) in [5.74, 6) is 0.283. The quantitative estimate of drug-likeness (QED) is 0.280. The number of hydrogen-bond acceptors (Lipinski definition) is 7. The van der Waals surface area contributed by atoms with Crippen molar-refractivity contribution in [2.24, 2.45) is 5.18 Å². The molecule has 8 heteroatoms. The van der Waals surface area contributed by atoms with Crippen molar-refractivity contribution in [3.63, 3.8) is 0 Å². The summed E-state index contributed by atoms with van der Waals surface area (Å²) in [4.78, 5) is 31.6. The zero-order valence-electron chi connectivity index (χ0n) is 10.5. The third-order valence-electron chi connectivity index (χ3n) is 2.39. The van der Waals surface area contributed by atoms with Gasteiger partial charge in [0, 0.05) is 12.1 Å². The predicted octanol–water partition coefficient (Wildman–Crippen LogP) is 3.57. The highest BCUT2D eigenvalue weighted by molar-refractivity contribution is 5.67. The number of carbonyl (C=O) groups is 1. The van der Waals surface area contributed by atoms with Gasteiger partial charge in [0.2, 0.25) is 0 Å². The molecule has 0 fully saturated rings. The van der Waals surface area contributed by atoms with Crippen molar-refractivity contribution in [3.05, 3.63) is 63.6 Å². The molecular weight excluding hydrogens is 280 g/mol. The number of non-ortho nitro benzene ring substituents is 1. The van der Waals surface area contributed by atoms with Crippen LogP contribution in [0.1, 0.15) is 0 Å². The Labute approximate surface area is 118 Å². The van der Waals surface area contributed by atoms with Gasteiger partial charge in [0.1, 0.15) is 17.2 Å². The molecule has 2 aromatic rings. The maximum atomic E-state index is 11.5.